The van der Waals surface area contributed by atoms with Gasteiger partial charge in [-0.15, -0.1) is 0 Å². The van der Waals surface area contributed by atoms with Crippen LogP contribution in [0.4, 0.5) is 0 Å². The lowest BCUT2D eigenvalue weighted by molar-refractivity contribution is -0.132. The molecule has 4 nitrogen and oxygen atoms in total. The number of hydrogen-bond donors (Lipinski definition) is 1. The Kier molecular flexibility index (Phi) is 5.39. The molecule has 25 heavy (non-hydrogen) atoms. The summed E-state index contributed by atoms with van der Waals surface area (Å²) in [6, 6.07) is 13.7. The molecule has 2 aromatic rings. The molecule has 0 aliphatic heterocycles. The molecule has 3 rings (SSSR count). The number of carboxylic acid groups (broad SMARTS) is 1. The molecule has 0 heterocycles. The molecule has 1 N–H and O–H groups in total. The molecule has 0 atom stereocenters. The molecule has 0 unspecified atom stereocenters. The number of carbonyl (C=O) groups is 1. The van der Waals surface area contributed by atoms with Crippen molar-refractivity contribution >= 4 is 12.0 Å². The maximum absolute atomic E-state index is 11.3. The molecule has 4 heteroatoms. The zero-order valence-corrected chi connectivity index (χ0v) is 14.3. The van der Waals surface area contributed by atoms with Gasteiger partial charge in [0.25, 0.3) is 0 Å². The van der Waals surface area contributed by atoms with Crippen molar-refractivity contribution in [1.29, 1.82) is 0 Å². The van der Waals surface area contributed by atoms with Crippen LogP contribution in [0.3, 0.4) is 0 Å². The van der Waals surface area contributed by atoms with E-state index in [1.807, 2.05) is 49.4 Å². The molecule has 0 aromatic heterocycles. The van der Waals surface area contributed by atoms with Crippen molar-refractivity contribution in [2.24, 2.45) is 0 Å². The van der Waals surface area contributed by atoms with Crippen LogP contribution in [-0.2, 0) is 17.8 Å². The molecular weight excluding hydrogens is 316 g/mol. The van der Waals surface area contributed by atoms with Gasteiger partial charge in [0, 0.05) is 5.57 Å². The average molecular weight is 338 g/mol. The van der Waals surface area contributed by atoms with Gasteiger partial charge in [0.15, 0.2) is 0 Å². The van der Waals surface area contributed by atoms with E-state index in [2.05, 4.69) is 0 Å². The number of hydrogen-bond acceptors (Lipinski definition) is 3. The predicted octanol–water partition coefficient (Wildman–Crippen LogP) is 4.47. The summed E-state index contributed by atoms with van der Waals surface area (Å²) in [4.78, 5) is 11.3. The topological polar surface area (TPSA) is 55.8 Å². The van der Waals surface area contributed by atoms with Gasteiger partial charge in [-0.2, -0.15) is 0 Å². The standard InChI is InChI=1S/C21H22O4/c1-2-24-19-9-6-15(7-10-19)14-25-20-11-8-16-4-3-5-17(21(22)23)12-18(16)13-20/h6-13H,2-5,14H2,1H3,(H,22,23). The first-order valence-electron chi connectivity index (χ1n) is 8.57. The van der Waals surface area contributed by atoms with Crippen LogP contribution in [-0.4, -0.2) is 17.7 Å². The van der Waals surface area contributed by atoms with Crippen LogP contribution in [0.1, 0.15) is 36.5 Å². The summed E-state index contributed by atoms with van der Waals surface area (Å²) in [5.41, 5.74) is 3.63. The van der Waals surface area contributed by atoms with E-state index in [1.54, 1.807) is 6.08 Å². The minimum atomic E-state index is -0.839. The summed E-state index contributed by atoms with van der Waals surface area (Å²) in [6.07, 6.45) is 4.13. The highest BCUT2D eigenvalue weighted by atomic mass is 16.5. The van der Waals surface area contributed by atoms with Gasteiger partial charge in [0.1, 0.15) is 18.1 Å². The molecule has 1 aliphatic carbocycles. The van der Waals surface area contributed by atoms with E-state index in [0.717, 1.165) is 35.5 Å². The number of carboxylic acids is 1. The number of ether oxygens (including phenoxy) is 2. The number of rotatable bonds is 6. The summed E-state index contributed by atoms with van der Waals surface area (Å²) in [5, 5.41) is 9.26. The van der Waals surface area contributed by atoms with Crippen LogP contribution in [0.5, 0.6) is 11.5 Å². The Labute approximate surface area is 147 Å². The second-order valence-electron chi connectivity index (χ2n) is 6.05. The number of aryl methyl sites for hydroxylation is 1. The Bertz CT molecular complexity index is 775. The molecule has 130 valence electrons. The van der Waals surface area contributed by atoms with E-state index in [9.17, 15) is 9.90 Å². The van der Waals surface area contributed by atoms with Crippen molar-refractivity contribution in [2.45, 2.75) is 32.8 Å². The molecule has 0 spiro atoms. The second-order valence-corrected chi connectivity index (χ2v) is 6.05. The Morgan fingerprint density at radius 1 is 1.04 bits per heavy atom. The maximum Gasteiger partial charge on any atom is 0.331 e. The summed E-state index contributed by atoms with van der Waals surface area (Å²) in [6.45, 7) is 3.07. The van der Waals surface area contributed by atoms with Gasteiger partial charge in [-0.1, -0.05) is 18.2 Å². The summed E-state index contributed by atoms with van der Waals surface area (Å²) in [5.74, 6) is 0.756. The van der Waals surface area contributed by atoms with E-state index >= 15 is 0 Å². The van der Waals surface area contributed by atoms with Gasteiger partial charge in [0.05, 0.1) is 6.61 Å². The van der Waals surface area contributed by atoms with Gasteiger partial charge in [0.2, 0.25) is 0 Å². The highest BCUT2D eigenvalue weighted by molar-refractivity contribution is 5.92. The van der Waals surface area contributed by atoms with Crippen LogP contribution >= 0.6 is 0 Å². The first-order valence-corrected chi connectivity index (χ1v) is 8.57. The molecule has 0 amide bonds. The summed E-state index contributed by atoms with van der Waals surface area (Å²) >= 11 is 0. The first kappa shape index (κ1) is 17.1. The van der Waals surface area contributed by atoms with Crippen LogP contribution in [0.15, 0.2) is 48.0 Å². The maximum atomic E-state index is 11.3. The van der Waals surface area contributed by atoms with Crippen LogP contribution in [0.2, 0.25) is 0 Å². The molecule has 0 bridgehead atoms. The lowest BCUT2D eigenvalue weighted by Gasteiger charge is -2.10. The van der Waals surface area contributed by atoms with E-state index in [1.165, 1.54) is 5.56 Å². The lowest BCUT2D eigenvalue weighted by atomic mass is 10.0. The van der Waals surface area contributed by atoms with Crippen molar-refractivity contribution in [2.75, 3.05) is 6.61 Å². The molecule has 2 aromatic carbocycles. The van der Waals surface area contributed by atoms with Crippen molar-refractivity contribution in [3.05, 3.63) is 64.7 Å². The van der Waals surface area contributed by atoms with E-state index in [4.69, 9.17) is 9.47 Å². The minimum absolute atomic E-state index is 0.459. The Balaban J connectivity index is 1.71. The predicted molar refractivity (Wildman–Crippen MR) is 96.9 cm³/mol. The number of benzene rings is 2. The fourth-order valence-electron chi connectivity index (χ4n) is 2.94. The molecule has 0 fully saturated rings. The van der Waals surface area contributed by atoms with Crippen LogP contribution in [0, 0.1) is 0 Å². The minimum Gasteiger partial charge on any atom is -0.494 e. The highest BCUT2D eigenvalue weighted by Crippen LogP contribution is 2.27. The third kappa shape index (κ3) is 4.41. The average Bonchev–Trinajstić information content (AvgIpc) is 2.83. The Morgan fingerprint density at radius 3 is 2.52 bits per heavy atom. The van der Waals surface area contributed by atoms with Crippen molar-refractivity contribution in [3.8, 4) is 11.5 Å². The third-order valence-electron chi connectivity index (χ3n) is 4.25. The smallest absolute Gasteiger partial charge is 0.331 e. The lowest BCUT2D eigenvalue weighted by Crippen LogP contribution is -1.99. The fraction of sp³-hybridized carbons (Fsp3) is 0.286. The summed E-state index contributed by atoms with van der Waals surface area (Å²) in [7, 11) is 0. The number of aliphatic carboxylic acids is 1. The van der Waals surface area contributed by atoms with E-state index in [-0.39, 0.29) is 0 Å². The van der Waals surface area contributed by atoms with Crippen molar-refractivity contribution in [3.63, 3.8) is 0 Å². The summed E-state index contributed by atoms with van der Waals surface area (Å²) < 4.78 is 11.3. The molecule has 0 radical (unpaired) electrons. The van der Waals surface area contributed by atoms with Gasteiger partial charge >= 0.3 is 5.97 Å². The van der Waals surface area contributed by atoms with Gasteiger partial charge < -0.3 is 14.6 Å². The fourth-order valence-corrected chi connectivity index (χ4v) is 2.94. The van der Waals surface area contributed by atoms with Crippen LogP contribution < -0.4 is 9.47 Å². The zero-order valence-electron chi connectivity index (χ0n) is 14.3. The number of fused-ring (bicyclic) bond motifs is 1. The van der Waals surface area contributed by atoms with Gasteiger partial charge in [-0.3, -0.25) is 0 Å². The zero-order chi connectivity index (χ0) is 17.6. The first-order chi connectivity index (χ1) is 12.2. The highest BCUT2D eigenvalue weighted by Gasteiger charge is 2.14. The normalized spacial score (nSPS) is 13.4. The van der Waals surface area contributed by atoms with E-state index < -0.39 is 5.97 Å². The monoisotopic (exact) mass is 338 g/mol. The van der Waals surface area contributed by atoms with Crippen molar-refractivity contribution in [1.82, 2.24) is 0 Å². The quantitative estimate of drug-likeness (QED) is 0.844. The van der Waals surface area contributed by atoms with Crippen LogP contribution in [0.25, 0.3) is 6.08 Å². The molecular formula is C21H22O4. The van der Waals surface area contributed by atoms with E-state index in [0.29, 0.717) is 25.2 Å². The SMILES string of the molecule is CCOc1ccc(COc2ccc3c(c2)C=C(C(=O)O)CCC3)cc1. The molecule has 0 saturated carbocycles. The van der Waals surface area contributed by atoms with Gasteiger partial charge in [-0.05, 0) is 73.2 Å². The Hall–Kier alpha value is -2.75. The van der Waals surface area contributed by atoms with Gasteiger partial charge in [-0.25, -0.2) is 4.79 Å². The second kappa shape index (κ2) is 7.88. The van der Waals surface area contributed by atoms with Crippen molar-refractivity contribution < 1.29 is 19.4 Å². The largest absolute Gasteiger partial charge is 0.494 e. The molecule has 1 aliphatic rings. The third-order valence-corrected chi connectivity index (χ3v) is 4.25. The molecule has 0 saturated heterocycles. The Morgan fingerprint density at radius 2 is 1.80 bits per heavy atom.